The minimum absolute atomic E-state index is 0.196. The highest BCUT2D eigenvalue weighted by Gasteiger charge is 2.14. The Kier molecular flexibility index (Phi) is 5.30. The molecule has 0 aliphatic rings. The Morgan fingerprint density at radius 1 is 1.07 bits per heavy atom. The lowest BCUT2D eigenvalue weighted by Crippen LogP contribution is -2.14. The number of halogens is 2. The summed E-state index contributed by atoms with van der Waals surface area (Å²) in [5.74, 6) is -1.34. The second-order valence-electron chi connectivity index (χ2n) is 5.81. The summed E-state index contributed by atoms with van der Waals surface area (Å²) in [6, 6.07) is 11.9. The fraction of sp³-hybridized carbons (Fsp3) is 0.100. The number of carbonyl (C=O) groups excluding carboxylic acids is 1. The van der Waals surface area contributed by atoms with Gasteiger partial charge in [0.1, 0.15) is 28.9 Å². The number of hydrogen-bond donors (Lipinski definition) is 2. The molecule has 0 atom stereocenters. The first kappa shape index (κ1) is 18.3. The lowest BCUT2D eigenvalue weighted by Gasteiger charge is -2.12. The molecule has 27 heavy (non-hydrogen) atoms. The van der Waals surface area contributed by atoms with Crippen LogP contribution in [0.3, 0.4) is 0 Å². The summed E-state index contributed by atoms with van der Waals surface area (Å²) in [7, 11) is 1.55. The van der Waals surface area contributed by atoms with E-state index in [1.807, 2.05) is 25.1 Å². The first-order chi connectivity index (χ1) is 13.0. The van der Waals surface area contributed by atoms with Crippen molar-refractivity contribution in [2.75, 3.05) is 17.7 Å². The molecule has 0 aliphatic carbocycles. The van der Waals surface area contributed by atoms with Gasteiger partial charge in [0.2, 0.25) is 0 Å². The van der Waals surface area contributed by atoms with Crippen molar-refractivity contribution in [3.8, 4) is 5.75 Å². The average Bonchev–Trinajstić information content (AvgIpc) is 2.65. The van der Waals surface area contributed by atoms with Crippen LogP contribution in [0.4, 0.5) is 26.0 Å². The number of anilines is 3. The van der Waals surface area contributed by atoms with Gasteiger partial charge in [-0.25, -0.2) is 13.8 Å². The van der Waals surface area contributed by atoms with Gasteiger partial charge in [-0.05, 0) is 48.9 Å². The lowest BCUT2D eigenvalue weighted by atomic mass is 10.2. The number of benzene rings is 2. The van der Waals surface area contributed by atoms with E-state index in [0.717, 1.165) is 17.7 Å². The van der Waals surface area contributed by atoms with Gasteiger partial charge in [0.15, 0.2) is 0 Å². The van der Waals surface area contributed by atoms with Crippen LogP contribution < -0.4 is 15.4 Å². The zero-order chi connectivity index (χ0) is 19.4. The van der Waals surface area contributed by atoms with E-state index in [4.69, 9.17) is 4.74 Å². The molecule has 1 heterocycles. The van der Waals surface area contributed by atoms with Gasteiger partial charge in [0.05, 0.1) is 12.8 Å². The molecule has 2 aromatic carbocycles. The van der Waals surface area contributed by atoms with Crippen molar-refractivity contribution < 1.29 is 18.3 Å². The van der Waals surface area contributed by atoms with E-state index in [2.05, 4.69) is 15.6 Å². The topological polar surface area (TPSA) is 63.2 Å². The van der Waals surface area contributed by atoms with Gasteiger partial charge in [0, 0.05) is 11.8 Å². The van der Waals surface area contributed by atoms with Crippen molar-refractivity contribution in [3.63, 3.8) is 0 Å². The second kappa shape index (κ2) is 7.82. The number of para-hydroxylation sites is 1. The molecule has 0 spiro atoms. The molecule has 138 valence electrons. The molecule has 3 aromatic rings. The fourth-order valence-corrected chi connectivity index (χ4v) is 2.50. The van der Waals surface area contributed by atoms with E-state index in [9.17, 15) is 13.6 Å². The minimum Gasteiger partial charge on any atom is -0.495 e. The second-order valence-corrected chi connectivity index (χ2v) is 5.81. The van der Waals surface area contributed by atoms with E-state index < -0.39 is 23.2 Å². The Morgan fingerprint density at radius 2 is 1.81 bits per heavy atom. The number of carbonyl (C=O) groups is 1. The van der Waals surface area contributed by atoms with Crippen LogP contribution >= 0.6 is 0 Å². The Morgan fingerprint density at radius 3 is 2.52 bits per heavy atom. The molecule has 0 bridgehead atoms. The van der Waals surface area contributed by atoms with Gasteiger partial charge in [-0.15, -0.1) is 0 Å². The van der Waals surface area contributed by atoms with Crippen molar-refractivity contribution in [3.05, 3.63) is 77.5 Å². The molecule has 2 N–H and O–H groups in total. The average molecular weight is 369 g/mol. The predicted molar refractivity (Wildman–Crippen MR) is 99.6 cm³/mol. The molecule has 0 radical (unpaired) electrons. The van der Waals surface area contributed by atoms with Crippen LogP contribution in [-0.4, -0.2) is 18.0 Å². The number of aromatic nitrogens is 1. The van der Waals surface area contributed by atoms with Crippen LogP contribution in [0.25, 0.3) is 0 Å². The third kappa shape index (κ3) is 4.20. The molecular formula is C20H17F2N3O2. The normalized spacial score (nSPS) is 10.4. The summed E-state index contributed by atoms with van der Waals surface area (Å²) < 4.78 is 32.7. The molecule has 3 rings (SSSR count). The van der Waals surface area contributed by atoms with Crippen LogP contribution in [0.15, 0.2) is 54.7 Å². The van der Waals surface area contributed by atoms with Crippen LogP contribution in [0.5, 0.6) is 5.75 Å². The van der Waals surface area contributed by atoms with Gasteiger partial charge >= 0.3 is 0 Å². The van der Waals surface area contributed by atoms with Crippen LogP contribution in [0.1, 0.15) is 15.9 Å². The third-order valence-electron chi connectivity index (χ3n) is 3.84. The molecule has 7 heteroatoms. The highest BCUT2D eigenvalue weighted by molar-refractivity contribution is 6.04. The number of ether oxygens (including phenoxy) is 1. The highest BCUT2D eigenvalue weighted by atomic mass is 19.1. The molecule has 0 aliphatic heterocycles. The van der Waals surface area contributed by atoms with Crippen LogP contribution in [-0.2, 0) is 0 Å². The maximum Gasteiger partial charge on any atom is 0.256 e. The van der Waals surface area contributed by atoms with Gasteiger partial charge < -0.3 is 15.4 Å². The van der Waals surface area contributed by atoms with Gasteiger partial charge in [-0.1, -0.05) is 12.1 Å². The summed E-state index contributed by atoms with van der Waals surface area (Å²) in [5.41, 5.74) is 1.40. The van der Waals surface area contributed by atoms with Gasteiger partial charge in [-0.2, -0.15) is 0 Å². The van der Waals surface area contributed by atoms with E-state index in [1.54, 1.807) is 7.11 Å². The van der Waals surface area contributed by atoms with Crippen molar-refractivity contribution in [1.82, 2.24) is 4.98 Å². The van der Waals surface area contributed by atoms with E-state index in [0.29, 0.717) is 17.3 Å². The lowest BCUT2D eigenvalue weighted by molar-refractivity contribution is 0.102. The SMILES string of the molecule is COc1ccc(C)cc1Nc1cc(C(=O)Nc2c(F)cccc2F)ccn1. The van der Waals surface area contributed by atoms with Crippen LogP contribution in [0.2, 0.25) is 0 Å². The number of nitrogens with one attached hydrogen (secondary N) is 2. The van der Waals surface area contributed by atoms with Crippen LogP contribution in [0, 0.1) is 18.6 Å². The maximum atomic E-state index is 13.7. The predicted octanol–water partition coefficient (Wildman–Crippen LogP) is 4.67. The molecular weight excluding hydrogens is 352 g/mol. The zero-order valence-corrected chi connectivity index (χ0v) is 14.7. The fourth-order valence-electron chi connectivity index (χ4n) is 2.50. The number of pyridine rings is 1. The standard InChI is InChI=1S/C20H17F2N3O2/c1-12-6-7-17(27-2)16(10-12)24-18-11-13(8-9-23-18)20(26)25-19-14(21)4-3-5-15(19)22/h3-11H,1-2H3,(H,23,24)(H,25,26). The van der Waals surface area contributed by atoms with E-state index >= 15 is 0 Å². The summed E-state index contributed by atoms with van der Waals surface area (Å²) in [5, 5.41) is 5.33. The van der Waals surface area contributed by atoms with Gasteiger partial charge in [-0.3, -0.25) is 4.79 Å². The van der Waals surface area contributed by atoms with Crippen molar-refractivity contribution in [2.45, 2.75) is 6.92 Å². The molecule has 1 aromatic heterocycles. The molecule has 1 amide bonds. The third-order valence-corrected chi connectivity index (χ3v) is 3.84. The number of rotatable bonds is 5. The monoisotopic (exact) mass is 369 g/mol. The minimum atomic E-state index is -0.847. The molecule has 5 nitrogen and oxygen atoms in total. The first-order valence-corrected chi connectivity index (χ1v) is 8.11. The van der Waals surface area contributed by atoms with Crippen molar-refractivity contribution in [2.24, 2.45) is 0 Å². The summed E-state index contributed by atoms with van der Waals surface area (Å²) >= 11 is 0. The summed E-state index contributed by atoms with van der Waals surface area (Å²) in [6.45, 7) is 1.94. The summed E-state index contributed by atoms with van der Waals surface area (Å²) in [4.78, 5) is 16.5. The highest BCUT2D eigenvalue weighted by Crippen LogP contribution is 2.28. The zero-order valence-electron chi connectivity index (χ0n) is 14.7. The largest absolute Gasteiger partial charge is 0.495 e. The van der Waals surface area contributed by atoms with Crippen molar-refractivity contribution >= 4 is 23.1 Å². The smallest absolute Gasteiger partial charge is 0.256 e. The Hall–Kier alpha value is -3.48. The Bertz CT molecular complexity index is 972. The quantitative estimate of drug-likeness (QED) is 0.686. The van der Waals surface area contributed by atoms with Gasteiger partial charge in [0.25, 0.3) is 5.91 Å². The maximum absolute atomic E-state index is 13.7. The van der Waals surface area contributed by atoms with E-state index in [1.165, 1.54) is 24.4 Å². The summed E-state index contributed by atoms with van der Waals surface area (Å²) in [6.07, 6.45) is 1.43. The molecule has 0 fully saturated rings. The molecule has 0 unspecified atom stereocenters. The molecule has 0 saturated heterocycles. The van der Waals surface area contributed by atoms with Crippen molar-refractivity contribution in [1.29, 1.82) is 0 Å². The first-order valence-electron chi connectivity index (χ1n) is 8.11. The number of aryl methyl sites for hydroxylation is 1. The number of amides is 1. The Labute approximate surface area is 155 Å². The van der Waals surface area contributed by atoms with E-state index in [-0.39, 0.29) is 5.56 Å². The number of nitrogens with zero attached hydrogens (tertiary/aromatic N) is 1. The number of methoxy groups -OCH3 is 1. The number of hydrogen-bond acceptors (Lipinski definition) is 4. The Balaban J connectivity index is 1.83. The molecule has 0 saturated carbocycles.